The van der Waals surface area contributed by atoms with E-state index in [0.29, 0.717) is 0 Å². The standard InChI is InChI=1S/C68H39N3/c1-6-24-62-48(14-1)55-20-10-21-56-51-32-31-46(39-65(51)71(62)68(55)56)69-60-22-4-2-15-49(60)57-36-43(29-33-63(57)69)40-25-27-41(28-26-40)44-30-34-64-58(37-44)50-16-3-5-23-61(50)70(64)47-35-45-13-9-18-53-52-17-7-11-42-12-8-19-54(66(42)52)59(38-47)67(45)53/h1-39H. The van der Waals surface area contributed by atoms with Crippen molar-refractivity contribution in [2.45, 2.75) is 0 Å². The molecular formula is C68H39N3. The molecule has 0 aliphatic carbocycles. The van der Waals surface area contributed by atoms with Crippen molar-refractivity contribution >= 4 is 125 Å². The van der Waals surface area contributed by atoms with E-state index in [1.54, 1.807) is 0 Å². The first-order chi connectivity index (χ1) is 35.2. The zero-order chi connectivity index (χ0) is 46.1. The first-order valence-corrected chi connectivity index (χ1v) is 24.7. The lowest BCUT2D eigenvalue weighted by Gasteiger charge is -2.17. The van der Waals surface area contributed by atoms with Gasteiger partial charge in [0, 0.05) is 54.5 Å². The fraction of sp³-hybridized carbons (Fsp3) is 0. The van der Waals surface area contributed by atoms with E-state index in [4.69, 9.17) is 0 Å². The van der Waals surface area contributed by atoms with Crippen molar-refractivity contribution in [1.82, 2.24) is 13.5 Å². The van der Waals surface area contributed by atoms with E-state index in [1.807, 2.05) is 0 Å². The van der Waals surface area contributed by atoms with Gasteiger partial charge in [-0.3, -0.25) is 0 Å². The van der Waals surface area contributed by atoms with Crippen molar-refractivity contribution in [2.24, 2.45) is 0 Å². The average molecular weight is 898 g/mol. The first-order valence-electron chi connectivity index (χ1n) is 24.7. The van der Waals surface area contributed by atoms with Crippen LogP contribution < -0.4 is 0 Å². The Bertz CT molecular complexity index is 5090. The normalized spacial score (nSPS) is 12.5. The third-order valence-electron chi connectivity index (χ3n) is 16.1. The maximum absolute atomic E-state index is 2.47. The van der Waals surface area contributed by atoms with Gasteiger partial charge in [0.15, 0.2) is 0 Å². The molecule has 0 spiro atoms. The highest BCUT2D eigenvalue weighted by Gasteiger charge is 2.21. The Morgan fingerprint density at radius 3 is 1.27 bits per heavy atom. The molecule has 3 nitrogen and oxygen atoms in total. The maximum Gasteiger partial charge on any atom is 0.0620 e. The van der Waals surface area contributed by atoms with E-state index in [0.717, 1.165) is 5.69 Å². The minimum absolute atomic E-state index is 1.16. The molecule has 0 aliphatic rings. The highest BCUT2D eigenvalue weighted by molar-refractivity contribution is 6.33. The van der Waals surface area contributed by atoms with Crippen LogP contribution in [0.1, 0.15) is 0 Å². The molecule has 4 heterocycles. The minimum atomic E-state index is 1.16. The summed E-state index contributed by atoms with van der Waals surface area (Å²) in [5.41, 5.74) is 15.8. The van der Waals surface area contributed by atoms with E-state index >= 15 is 0 Å². The summed E-state index contributed by atoms with van der Waals surface area (Å²) in [6.07, 6.45) is 0. The number of aromatic nitrogens is 3. The molecule has 326 valence electrons. The van der Waals surface area contributed by atoms with Crippen LogP contribution in [0.15, 0.2) is 237 Å². The van der Waals surface area contributed by atoms with Crippen LogP contribution in [0.5, 0.6) is 0 Å². The van der Waals surface area contributed by atoms with Gasteiger partial charge in [0.1, 0.15) is 0 Å². The van der Waals surface area contributed by atoms with Crippen molar-refractivity contribution in [3.63, 3.8) is 0 Å². The third-order valence-corrected chi connectivity index (χ3v) is 16.1. The molecule has 0 unspecified atom stereocenters. The fourth-order valence-electron chi connectivity index (χ4n) is 13.0. The predicted molar refractivity (Wildman–Crippen MR) is 302 cm³/mol. The molecule has 0 N–H and O–H groups in total. The van der Waals surface area contributed by atoms with Crippen LogP contribution in [0.25, 0.3) is 158 Å². The second kappa shape index (κ2) is 13.6. The molecular weight excluding hydrogens is 859 g/mol. The Labute approximate surface area is 406 Å². The molecule has 0 fully saturated rings. The molecule has 4 aromatic heterocycles. The van der Waals surface area contributed by atoms with Crippen LogP contribution in [0.2, 0.25) is 0 Å². The molecule has 0 saturated carbocycles. The van der Waals surface area contributed by atoms with Gasteiger partial charge in [-0.05, 0) is 132 Å². The van der Waals surface area contributed by atoms with Crippen molar-refractivity contribution in [3.05, 3.63) is 237 Å². The van der Waals surface area contributed by atoms with Crippen LogP contribution in [-0.2, 0) is 0 Å². The number of fused-ring (bicyclic) bond motifs is 14. The molecule has 17 aromatic rings. The SMILES string of the molecule is c1cc2cccc3c4cc(-n5c6ccccc6c6cc(-c7ccc(-c8ccc9c(c8)c8ccccc8n9-c8ccc9c%10cccc%11c%12ccccc%12n(c9c8)c%11%10)cc7)ccc65)cc5cccc(c(c1)c23)c54. The number of para-hydroxylation sites is 4. The van der Waals surface area contributed by atoms with Crippen molar-refractivity contribution in [3.8, 4) is 33.6 Å². The lowest BCUT2D eigenvalue weighted by molar-refractivity contribution is 1.18. The minimum Gasteiger partial charge on any atom is -0.309 e. The lowest BCUT2D eigenvalue weighted by atomic mass is 9.89. The fourth-order valence-corrected chi connectivity index (χ4v) is 13.0. The molecule has 13 aromatic carbocycles. The molecule has 0 aliphatic heterocycles. The van der Waals surface area contributed by atoms with Gasteiger partial charge in [0.25, 0.3) is 0 Å². The highest BCUT2D eigenvalue weighted by atomic mass is 15.0. The highest BCUT2D eigenvalue weighted by Crippen LogP contribution is 2.45. The molecule has 71 heavy (non-hydrogen) atoms. The molecule has 0 radical (unpaired) electrons. The summed E-state index contributed by atoms with van der Waals surface area (Å²) < 4.78 is 7.39. The molecule has 3 heteroatoms. The second-order valence-electron chi connectivity index (χ2n) is 19.6. The van der Waals surface area contributed by atoms with E-state index < -0.39 is 0 Å². The summed E-state index contributed by atoms with van der Waals surface area (Å²) in [4.78, 5) is 0. The molecule has 0 saturated heterocycles. The summed E-state index contributed by atoms with van der Waals surface area (Å²) in [5.74, 6) is 0. The average Bonchev–Trinajstić information content (AvgIpc) is 4.17. The van der Waals surface area contributed by atoms with Gasteiger partial charge in [-0.25, -0.2) is 0 Å². The number of rotatable bonds is 4. The van der Waals surface area contributed by atoms with Crippen molar-refractivity contribution < 1.29 is 0 Å². The van der Waals surface area contributed by atoms with Crippen molar-refractivity contribution in [1.29, 1.82) is 0 Å². The zero-order valence-corrected chi connectivity index (χ0v) is 38.4. The van der Waals surface area contributed by atoms with Gasteiger partial charge < -0.3 is 13.5 Å². The number of nitrogens with zero attached hydrogens (tertiary/aromatic N) is 3. The molecule has 17 rings (SSSR count). The third kappa shape index (κ3) is 4.96. The topological polar surface area (TPSA) is 14.3 Å². The largest absolute Gasteiger partial charge is 0.309 e. The molecule has 0 bridgehead atoms. The quantitative estimate of drug-likeness (QED) is 0.123. The summed E-state index contributed by atoms with van der Waals surface area (Å²) in [6.45, 7) is 0. The van der Waals surface area contributed by atoms with Gasteiger partial charge in [-0.15, -0.1) is 0 Å². The maximum atomic E-state index is 2.47. The van der Waals surface area contributed by atoms with E-state index in [1.165, 1.54) is 153 Å². The first kappa shape index (κ1) is 37.5. The molecule has 0 amide bonds. The van der Waals surface area contributed by atoms with E-state index in [-0.39, 0.29) is 0 Å². The van der Waals surface area contributed by atoms with Gasteiger partial charge in [0.2, 0.25) is 0 Å². The second-order valence-corrected chi connectivity index (χ2v) is 19.6. The Morgan fingerprint density at radius 1 is 0.211 bits per heavy atom. The Kier molecular flexibility index (Phi) is 7.20. The van der Waals surface area contributed by atoms with E-state index in [2.05, 4.69) is 250 Å². The van der Waals surface area contributed by atoms with Gasteiger partial charge in [-0.1, -0.05) is 170 Å². The van der Waals surface area contributed by atoms with Gasteiger partial charge in [-0.2, -0.15) is 0 Å². The Balaban J connectivity index is 0.767. The predicted octanol–water partition coefficient (Wildman–Crippen LogP) is 18.4. The zero-order valence-electron chi connectivity index (χ0n) is 38.4. The smallest absolute Gasteiger partial charge is 0.0620 e. The van der Waals surface area contributed by atoms with Crippen LogP contribution in [0, 0.1) is 0 Å². The van der Waals surface area contributed by atoms with Crippen LogP contribution in [0.3, 0.4) is 0 Å². The summed E-state index contributed by atoms with van der Waals surface area (Å²) in [5, 5.41) is 20.7. The Morgan fingerprint density at radius 2 is 0.648 bits per heavy atom. The number of benzene rings is 13. The summed E-state index contributed by atoms with van der Waals surface area (Å²) in [7, 11) is 0. The summed E-state index contributed by atoms with van der Waals surface area (Å²) in [6, 6.07) is 88.5. The lowest BCUT2D eigenvalue weighted by Crippen LogP contribution is -1.95. The number of hydrogen-bond acceptors (Lipinski definition) is 0. The van der Waals surface area contributed by atoms with Crippen LogP contribution >= 0.6 is 0 Å². The van der Waals surface area contributed by atoms with Gasteiger partial charge in [0.05, 0.1) is 38.6 Å². The van der Waals surface area contributed by atoms with Crippen LogP contribution in [0.4, 0.5) is 0 Å². The molecule has 0 atom stereocenters. The monoisotopic (exact) mass is 897 g/mol. The summed E-state index contributed by atoms with van der Waals surface area (Å²) >= 11 is 0. The number of hydrogen-bond donors (Lipinski definition) is 0. The van der Waals surface area contributed by atoms with Crippen molar-refractivity contribution in [2.75, 3.05) is 0 Å². The van der Waals surface area contributed by atoms with Crippen LogP contribution in [-0.4, -0.2) is 13.5 Å². The Hall–Kier alpha value is -9.44. The van der Waals surface area contributed by atoms with E-state index in [9.17, 15) is 0 Å². The van der Waals surface area contributed by atoms with Gasteiger partial charge >= 0.3 is 0 Å².